The van der Waals surface area contributed by atoms with Gasteiger partial charge in [-0.15, -0.1) is 0 Å². The molecule has 8 heteroatoms. The summed E-state index contributed by atoms with van der Waals surface area (Å²) in [6.07, 6.45) is 11.1. The van der Waals surface area contributed by atoms with Crippen molar-refractivity contribution < 1.29 is 38.2 Å². The molecular weight excluding hydrogens is 632 g/mol. The van der Waals surface area contributed by atoms with Crippen molar-refractivity contribution >= 4 is 34.7 Å². The molecule has 0 aliphatic heterocycles. The predicted octanol–water partition coefficient (Wildman–Crippen LogP) is 8.19. The maximum absolute atomic E-state index is 14.3. The number of allylic oxidation sites excluding steroid dienone is 4. The highest BCUT2D eigenvalue weighted by Crippen LogP contribution is 2.41. The van der Waals surface area contributed by atoms with Crippen molar-refractivity contribution in [2.75, 3.05) is 0 Å². The Hall–Kier alpha value is -4.98. The first-order valence-corrected chi connectivity index (χ1v) is 17.3. The molecule has 2 aromatic rings. The first-order valence-electron chi connectivity index (χ1n) is 17.3. The summed E-state index contributed by atoms with van der Waals surface area (Å²) >= 11 is 0. The second-order valence-electron chi connectivity index (χ2n) is 13.0. The number of ether oxygens (including phenoxy) is 2. The summed E-state index contributed by atoms with van der Waals surface area (Å²) in [5, 5.41) is 0. The number of carbonyl (C=O) groups is 6. The van der Waals surface area contributed by atoms with E-state index in [0.29, 0.717) is 24.3 Å². The number of unbranched alkanes of at least 4 members (excludes halogenated alkanes) is 4. The van der Waals surface area contributed by atoms with Gasteiger partial charge >= 0.3 is 0 Å². The summed E-state index contributed by atoms with van der Waals surface area (Å²) in [6.45, 7) is 14.5. The molecule has 0 saturated carbocycles. The molecule has 1 aliphatic rings. The van der Waals surface area contributed by atoms with E-state index in [1.54, 1.807) is 38.1 Å². The molecule has 0 N–H and O–H groups in total. The van der Waals surface area contributed by atoms with Crippen molar-refractivity contribution in [2.24, 2.45) is 11.3 Å². The fourth-order valence-corrected chi connectivity index (χ4v) is 5.94. The van der Waals surface area contributed by atoms with E-state index < -0.39 is 46.7 Å². The van der Waals surface area contributed by atoms with Crippen LogP contribution < -0.4 is 9.47 Å². The van der Waals surface area contributed by atoms with Crippen molar-refractivity contribution in [2.45, 2.75) is 91.3 Å². The standard InChI is InChI=1S/C42H48O8/c1-7-11-13-15-37(34(44)9-3)49-31-22-17-28(18-23-31)40(47)39(42(5,6)33-27-30(43)21-26-36(33)46)41(48)29-19-24-32(25-20-29)50-38(35(45)10-4)16-14-12-8-2/h9-10,17-27,37-39H,3-4,7-8,11-16H2,1-2,5-6H3. The van der Waals surface area contributed by atoms with E-state index in [2.05, 4.69) is 27.0 Å². The van der Waals surface area contributed by atoms with Crippen molar-refractivity contribution in [3.8, 4) is 11.5 Å². The van der Waals surface area contributed by atoms with Crippen LogP contribution in [0.4, 0.5) is 0 Å². The van der Waals surface area contributed by atoms with Crippen LogP contribution in [0.1, 0.15) is 99.8 Å². The molecule has 0 amide bonds. The summed E-state index contributed by atoms with van der Waals surface area (Å²) in [5.41, 5.74) is -0.973. The van der Waals surface area contributed by atoms with E-state index in [0.717, 1.165) is 50.7 Å². The van der Waals surface area contributed by atoms with E-state index in [4.69, 9.17) is 9.47 Å². The number of hydrogen-bond donors (Lipinski definition) is 0. The van der Waals surface area contributed by atoms with Gasteiger partial charge in [0.25, 0.3) is 0 Å². The van der Waals surface area contributed by atoms with Gasteiger partial charge in [0.1, 0.15) is 11.5 Å². The lowest BCUT2D eigenvalue weighted by molar-refractivity contribution is -0.122. The highest BCUT2D eigenvalue weighted by molar-refractivity contribution is 6.21. The van der Waals surface area contributed by atoms with Crippen molar-refractivity contribution in [3.05, 3.63) is 109 Å². The molecule has 2 atom stereocenters. The van der Waals surface area contributed by atoms with E-state index in [9.17, 15) is 28.8 Å². The molecule has 0 bridgehead atoms. The zero-order valence-electron chi connectivity index (χ0n) is 29.6. The Balaban J connectivity index is 1.95. The first kappa shape index (κ1) is 39.5. The fraction of sp³-hybridized carbons (Fsp3) is 0.381. The van der Waals surface area contributed by atoms with Crippen LogP contribution >= 0.6 is 0 Å². The van der Waals surface area contributed by atoms with Gasteiger partial charge in [0.2, 0.25) is 0 Å². The van der Waals surface area contributed by atoms with Crippen LogP contribution in [0, 0.1) is 11.3 Å². The van der Waals surface area contributed by atoms with E-state index >= 15 is 0 Å². The van der Waals surface area contributed by atoms with E-state index in [-0.39, 0.29) is 28.3 Å². The number of Topliss-reactive ketones (excluding diaryl/α,β-unsaturated/α-hetero) is 2. The predicted molar refractivity (Wildman–Crippen MR) is 194 cm³/mol. The lowest BCUT2D eigenvalue weighted by Crippen LogP contribution is -2.41. The summed E-state index contributed by atoms with van der Waals surface area (Å²) in [6, 6.07) is 12.3. The lowest BCUT2D eigenvalue weighted by atomic mass is 9.65. The number of benzene rings is 2. The third-order valence-corrected chi connectivity index (χ3v) is 8.90. The van der Waals surface area contributed by atoms with Crippen LogP contribution in [0.15, 0.2) is 97.6 Å². The Bertz CT molecular complexity index is 1550. The summed E-state index contributed by atoms with van der Waals surface area (Å²) in [7, 11) is 0. The molecule has 0 heterocycles. The molecule has 2 aromatic carbocycles. The molecule has 264 valence electrons. The summed E-state index contributed by atoms with van der Waals surface area (Å²) in [5.74, 6) is -3.12. The molecule has 2 unspecified atom stereocenters. The second kappa shape index (κ2) is 18.7. The molecule has 0 spiro atoms. The summed E-state index contributed by atoms with van der Waals surface area (Å²) < 4.78 is 11.9. The highest BCUT2D eigenvalue weighted by Gasteiger charge is 2.46. The Kier molecular flexibility index (Phi) is 14.8. The van der Waals surface area contributed by atoms with Crippen LogP contribution in [0.5, 0.6) is 11.5 Å². The number of carbonyl (C=O) groups excluding carboxylic acids is 6. The van der Waals surface area contributed by atoms with Crippen molar-refractivity contribution in [3.63, 3.8) is 0 Å². The molecule has 8 nitrogen and oxygen atoms in total. The maximum Gasteiger partial charge on any atom is 0.195 e. The highest BCUT2D eigenvalue weighted by atomic mass is 16.5. The van der Waals surface area contributed by atoms with Gasteiger partial charge in [-0.25, -0.2) is 0 Å². The van der Waals surface area contributed by atoms with Crippen molar-refractivity contribution in [1.82, 2.24) is 0 Å². The molecule has 0 saturated heterocycles. The van der Waals surface area contributed by atoms with Gasteiger partial charge in [0, 0.05) is 22.1 Å². The van der Waals surface area contributed by atoms with Crippen LogP contribution in [0.2, 0.25) is 0 Å². The molecule has 50 heavy (non-hydrogen) atoms. The number of rotatable bonds is 22. The molecular formula is C42H48O8. The molecule has 1 aliphatic carbocycles. The zero-order chi connectivity index (χ0) is 36.8. The average Bonchev–Trinajstić information content (AvgIpc) is 3.11. The van der Waals surface area contributed by atoms with Gasteiger partial charge in [-0.3, -0.25) is 28.8 Å². The summed E-state index contributed by atoms with van der Waals surface area (Å²) in [4.78, 5) is 78.9. The molecule has 0 aromatic heterocycles. The first-order chi connectivity index (χ1) is 23.9. The van der Waals surface area contributed by atoms with Crippen molar-refractivity contribution in [1.29, 1.82) is 0 Å². The Labute approximate surface area is 295 Å². The minimum Gasteiger partial charge on any atom is -0.482 e. The maximum atomic E-state index is 14.3. The van der Waals surface area contributed by atoms with Crippen LogP contribution in [0.3, 0.4) is 0 Å². The van der Waals surface area contributed by atoms with Crippen LogP contribution in [0.25, 0.3) is 0 Å². The monoisotopic (exact) mass is 680 g/mol. The smallest absolute Gasteiger partial charge is 0.195 e. The number of ketones is 6. The Morgan fingerprint density at radius 1 is 0.680 bits per heavy atom. The quantitative estimate of drug-likeness (QED) is 0.0401. The van der Waals surface area contributed by atoms with Gasteiger partial charge in [-0.05, 0) is 105 Å². The Morgan fingerprint density at radius 3 is 1.48 bits per heavy atom. The lowest BCUT2D eigenvalue weighted by Gasteiger charge is -2.34. The third kappa shape index (κ3) is 10.3. The molecule has 0 fully saturated rings. The SMILES string of the molecule is C=CC(=O)C(CCCCC)Oc1ccc(C(=O)C(C(=O)c2ccc(OC(CCCCC)C(=O)C=C)cc2)C(C)(C)C2=CC(=O)C=CC2=O)cc1. The minimum absolute atomic E-state index is 0.0484. The largest absolute Gasteiger partial charge is 0.482 e. The average molecular weight is 681 g/mol. The molecule has 3 rings (SSSR count). The van der Waals surface area contributed by atoms with Gasteiger partial charge in [0.05, 0.1) is 5.92 Å². The van der Waals surface area contributed by atoms with Gasteiger partial charge < -0.3 is 9.47 Å². The topological polar surface area (TPSA) is 121 Å². The Morgan fingerprint density at radius 2 is 1.10 bits per heavy atom. The van der Waals surface area contributed by atoms with Crippen LogP contribution in [-0.4, -0.2) is 46.9 Å². The normalized spacial score (nSPS) is 14.6. The minimum atomic E-state index is -1.40. The number of hydrogen-bond acceptors (Lipinski definition) is 8. The second-order valence-corrected chi connectivity index (χ2v) is 13.0. The van der Waals surface area contributed by atoms with Crippen LogP contribution in [-0.2, 0) is 19.2 Å². The molecule has 0 radical (unpaired) electrons. The van der Waals surface area contributed by atoms with E-state index in [1.165, 1.54) is 42.5 Å². The van der Waals surface area contributed by atoms with Gasteiger partial charge in [-0.1, -0.05) is 66.5 Å². The van der Waals surface area contributed by atoms with Gasteiger partial charge in [-0.2, -0.15) is 0 Å². The zero-order valence-corrected chi connectivity index (χ0v) is 29.6. The third-order valence-electron chi connectivity index (χ3n) is 8.90. The van der Waals surface area contributed by atoms with Gasteiger partial charge in [0.15, 0.2) is 46.9 Å². The fourth-order valence-electron chi connectivity index (χ4n) is 5.94. The van der Waals surface area contributed by atoms with E-state index in [1.807, 2.05) is 0 Å².